The van der Waals surface area contributed by atoms with Gasteiger partial charge in [0.05, 0.1) is 3.57 Å². The SMILES string of the molecule is NCc1cc(Cl)cc(I)c1F. The van der Waals surface area contributed by atoms with Gasteiger partial charge in [-0.1, -0.05) is 11.6 Å². The number of benzene rings is 1. The maximum absolute atomic E-state index is 13.0. The molecule has 0 heterocycles. The number of nitrogens with two attached hydrogens (primary N) is 1. The Kier molecular flexibility index (Phi) is 3.09. The van der Waals surface area contributed by atoms with E-state index in [0.717, 1.165) is 0 Å². The minimum atomic E-state index is -0.266. The van der Waals surface area contributed by atoms with E-state index in [2.05, 4.69) is 0 Å². The molecule has 1 rings (SSSR count). The van der Waals surface area contributed by atoms with E-state index in [1.807, 2.05) is 22.6 Å². The molecule has 0 saturated carbocycles. The fourth-order valence-electron chi connectivity index (χ4n) is 0.758. The topological polar surface area (TPSA) is 26.0 Å². The molecule has 0 radical (unpaired) electrons. The lowest BCUT2D eigenvalue weighted by atomic mass is 10.2. The highest BCUT2D eigenvalue weighted by atomic mass is 127. The van der Waals surface area contributed by atoms with Crippen molar-refractivity contribution >= 4 is 34.2 Å². The molecule has 1 nitrogen and oxygen atoms in total. The first-order valence-electron chi connectivity index (χ1n) is 2.98. The molecule has 0 aromatic heterocycles. The molecule has 0 unspecified atom stereocenters. The smallest absolute Gasteiger partial charge is 0.141 e. The molecule has 2 N–H and O–H groups in total. The molecule has 1 aromatic carbocycles. The molecule has 0 bridgehead atoms. The van der Waals surface area contributed by atoms with Crippen LogP contribution in [-0.4, -0.2) is 0 Å². The molecule has 0 aliphatic carbocycles. The van der Waals surface area contributed by atoms with Crippen LogP contribution in [0.4, 0.5) is 4.39 Å². The summed E-state index contributed by atoms with van der Waals surface area (Å²) >= 11 is 7.56. The van der Waals surface area contributed by atoms with Gasteiger partial charge in [-0.05, 0) is 34.7 Å². The van der Waals surface area contributed by atoms with Gasteiger partial charge in [0.25, 0.3) is 0 Å². The van der Waals surface area contributed by atoms with Gasteiger partial charge in [-0.3, -0.25) is 0 Å². The molecular weight excluding hydrogens is 279 g/mol. The third-order valence-electron chi connectivity index (χ3n) is 1.29. The van der Waals surface area contributed by atoms with Crippen LogP contribution >= 0.6 is 34.2 Å². The summed E-state index contributed by atoms with van der Waals surface area (Å²) in [6.07, 6.45) is 0. The molecule has 0 fully saturated rings. The Labute approximate surface area is 82.9 Å². The third-order valence-corrected chi connectivity index (χ3v) is 2.29. The van der Waals surface area contributed by atoms with Crippen molar-refractivity contribution in [1.29, 1.82) is 0 Å². The minimum Gasteiger partial charge on any atom is -0.326 e. The van der Waals surface area contributed by atoms with E-state index in [1.165, 1.54) is 0 Å². The van der Waals surface area contributed by atoms with Gasteiger partial charge in [-0.2, -0.15) is 0 Å². The maximum atomic E-state index is 13.0. The summed E-state index contributed by atoms with van der Waals surface area (Å²) in [5.74, 6) is -0.266. The molecule has 1 aromatic rings. The zero-order valence-electron chi connectivity index (χ0n) is 5.57. The lowest BCUT2D eigenvalue weighted by Gasteiger charge is -2.01. The van der Waals surface area contributed by atoms with Crippen LogP contribution in [0, 0.1) is 9.39 Å². The van der Waals surface area contributed by atoms with Crippen molar-refractivity contribution in [3.05, 3.63) is 32.1 Å². The largest absolute Gasteiger partial charge is 0.326 e. The van der Waals surface area contributed by atoms with Crippen molar-refractivity contribution in [3.63, 3.8) is 0 Å². The van der Waals surface area contributed by atoms with Crippen molar-refractivity contribution in [3.8, 4) is 0 Å². The fraction of sp³-hybridized carbons (Fsp3) is 0.143. The predicted octanol–water partition coefficient (Wildman–Crippen LogP) is 2.54. The standard InChI is InChI=1S/C7H6ClFIN/c8-5-1-4(3-11)7(9)6(10)2-5/h1-2H,3,11H2. The Bertz CT molecular complexity index is 277. The van der Waals surface area contributed by atoms with Crippen LogP contribution in [0.5, 0.6) is 0 Å². The summed E-state index contributed by atoms with van der Waals surface area (Å²) in [7, 11) is 0. The minimum absolute atomic E-state index is 0.183. The van der Waals surface area contributed by atoms with Crippen LogP contribution in [0.15, 0.2) is 12.1 Å². The molecule has 0 amide bonds. The van der Waals surface area contributed by atoms with Gasteiger partial charge in [-0.15, -0.1) is 0 Å². The zero-order valence-corrected chi connectivity index (χ0v) is 8.49. The Morgan fingerprint density at radius 2 is 2.18 bits per heavy atom. The molecule has 0 atom stereocenters. The number of hydrogen-bond donors (Lipinski definition) is 1. The summed E-state index contributed by atoms with van der Waals surface area (Å²) in [4.78, 5) is 0. The monoisotopic (exact) mass is 285 g/mol. The summed E-state index contributed by atoms with van der Waals surface area (Å²) in [6.45, 7) is 0.183. The fourth-order valence-corrected chi connectivity index (χ4v) is 1.86. The highest BCUT2D eigenvalue weighted by Gasteiger charge is 2.05. The maximum Gasteiger partial charge on any atom is 0.141 e. The van der Waals surface area contributed by atoms with E-state index in [4.69, 9.17) is 17.3 Å². The number of halogens is 3. The van der Waals surface area contributed by atoms with Crippen LogP contribution in [-0.2, 0) is 6.54 Å². The second-order valence-corrected chi connectivity index (χ2v) is 3.66. The van der Waals surface area contributed by atoms with Crippen molar-refractivity contribution in [1.82, 2.24) is 0 Å². The normalized spacial score (nSPS) is 10.2. The van der Waals surface area contributed by atoms with Crippen molar-refractivity contribution in [2.24, 2.45) is 5.73 Å². The second-order valence-electron chi connectivity index (χ2n) is 2.06. The van der Waals surface area contributed by atoms with E-state index >= 15 is 0 Å². The van der Waals surface area contributed by atoms with E-state index in [-0.39, 0.29) is 12.4 Å². The zero-order chi connectivity index (χ0) is 8.43. The molecule has 60 valence electrons. The number of rotatable bonds is 1. The van der Waals surface area contributed by atoms with Gasteiger partial charge >= 0.3 is 0 Å². The van der Waals surface area contributed by atoms with Gasteiger partial charge in [0.2, 0.25) is 0 Å². The van der Waals surface area contributed by atoms with Crippen LogP contribution in [0.3, 0.4) is 0 Å². The highest BCUT2D eigenvalue weighted by molar-refractivity contribution is 14.1. The molecule has 0 saturated heterocycles. The van der Waals surface area contributed by atoms with Gasteiger partial charge in [0.1, 0.15) is 5.82 Å². The van der Waals surface area contributed by atoms with Crippen LogP contribution in [0.2, 0.25) is 5.02 Å². The predicted molar refractivity (Wildman–Crippen MR) is 52.0 cm³/mol. The van der Waals surface area contributed by atoms with E-state index in [0.29, 0.717) is 14.2 Å². The molecule has 11 heavy (non-hydrogen) atoms. The lowest BCUT2D eigenvalue weighted by Crippen LogP contribution is -2.01. The Balaban J connectivity index is 3.24. The van der Waals surface area contributed by atoms with Crippen molar-refractivity contribution in [2.45, 2.75) is 6.54 Å². The molecule has 0 spiro atoms. The Hall–Kier alpha value is 0.130. The lowest BCUT2D eigenvalue weighted by molar-refractivity contribution is 0.603. The summed E-state index contributed by atoms with van der Waals surface area (Å²) in [5.41, 5.74) is 5.75. The average molecular weight is 285 g/mol. The molecule has 0 aliphatic rings. The van der Waals surface area contributed by atoms with Gasteiger partial charge in [0.15, 0.2) is 0 Å². The first-order valence-corrected chi connectivity index (χ1v) is 4.44. The van der Waals surface area contributed by atoms with Gasteiger partial charge in [0, 0.05) is 17.1 Å². The van der Waals surface area contributed by atoms with Crippen LogP contribution in [0.25, 0.3) is 0 Å². The van der Waals surface area contributed by atoms with E-state index in [1.54, 1.807) is 12.1 Å². The highest BCUT2D eigenvalue weighted by Crippen LogP contribution is 2.20. The molecule has 0 aliphatic heterocycles. The first-order chi connectivity index (χ1) is 5.15. The molecular formula is C7H6ClFIN. The van der Waals surface area contributed by atoms with Crippen LogP contribution in [0.1, 0.15) is 5.56 Å². The molecule has 4 heteroatoms. The van der Waals surface area contributed by atoms with Gasteiger partial charge < -0.3 is 5.73 Å². The average Bonchev–Trinajstić information content (AvgIpc) is 1.96. The van der Waals surface area contributed by atoms with Crippen LogP contribution < -0.4 is 5.73 Å². The summed E-state index contributed by atoms with van der Waals surface area (Å²) in [6, 6.07) is 3.11. The number of hydrogen-bond acceptors (Lipinski definition) is 1. The van der Waals surface area contributed by atoms with Gasteiger partial charge in [-0.25, -0.2) is 4.39 Å². The summed E-state index contributed by atoms with van der Waals surface area (Å²) < 4.78 is 13.5. The van der Waals surface area contributed by atoms with Crippen molar-refractivity contribution in [2.75, 3.05) is 0 Å². The second kappa shape index (κ2) is 3.69. The summed E-state index contributed by atoms with van der Waals surface area (Å²) in [5, 5.41) is 0.524. The first kappa shape index (κ1) is 9.22. The van der Waals surface area contributed by atoms with Crippen molar-refractivity contribution < 1.29 is 4.39 Å². The van der Waals surface area contributed by atoms with E-state index < -0.39 is 0 Å². The Morgan fingerprint density at radius 3 is 2.73 bits per heavy atom. The quantitative estimate of drug-likeness (QED) is 0.623. The third kappa shape index (κ3) is 2.04. The van der Waals surface area contributed by atoms with E-state index in [9.17, 15) is 4.39 Å². The Morgan fingerprint density at radius 1 is 1.55 bits per heavy atom.